The number of fused-ring (bicyclic) bond motifs is 1. The molecule has 3 rings (SSSR count). The van der Waals surface area contributed by atoms with E-state index < -0.39 is 5.97 Å². The van der Waals surface area contributed by atoms with E-state index in [4.69, 9.17) is 16.3 Å². The monoisotopic (exact) mass is 361 g/mol. The number of halogens is 1. The van der Waals surface area contributed by atoms with Crippen molar-refractivity contribution in [2.24, 2.45) is 0 Å². The van der Waals surface area contributed by atoms with Crippen LogP contribution < -0.4 is 4.90 Å². The highest BCUT2D eigenvalue weighted by Crippen LogP contribution is 2.33. The summed E-state index contributed by atoms with van der Waals surface area (Å²) in [5, 5.41) is 1.58. The van der Waals surface area contributed by atoms with Crippen molar-refractivity contribution in [1.82, 2.24) is 9.97 Å². The van der Waals surface area contributed by atoms with Gasteiger partial charge in [0.1, 0.15) is 5.69 Å². The van der Waals surface area contributed by atoms with E-state index in [9.17, 15) is 4.79 Å². The molecule has 0 amide bonds. The Hall–Kier alpha value is -2.18. The number of esters is 1. The summed E-state index contributed by atoms with van der Waals surface area (Å²) in [5.41, 5.74) is 2.95. The van der Waals surface area contributed by atoms with Gasteiger partial charge in [-0.05, 0) is 29.8 Å². The molecule has 1 aromatic carbocycles. The standard InChI is InChI=1S/C17H16ClN3O2S/c1-21(2)17-20-15-10(7-11(18)9-14(15)24-17)8-12-5-4-6-13(19-12)16(22)23-3/h4-7,9H,8H2,1-3H3. The maximum Gasteiger partial charge on any atom is 0.356 e. The van der Waals surface area contributed by atoms with Crippen LogP contribution in [-0.2, 0) is 11.2 Å². The van der Waals surface area contributed by atoms with Crippen molar-refractivity contribution in [1.29, 1.82) is 0 Å². The fourth-order valence-corrected chi connectivity index (χ4v) is 3.65. The topological polar surface area (TPSA) is 55.3 Å². The molecule has 0 bridgehead atoms. The summed E-state index contributed by atoms with van der Waals surface area (Å²) in [4.78, 5) is 22.7. The normalized spacial score (nSPS) is 10.8. The molecule has 7 heteroatoms. The van der Waals surface area contributed by atoms with Crippen molar-refractivity contribution >= 4 is 44.3 Å². The molecule has 0 aliphatic rings. The highest BCUT2D eigenvalue weighted by atomic mass is 35.5. The van der Waals surface area contributed by atoms with Crippen LogP contribution in [0.15, 0.2) is 30.3 Å². The number of carbonyl (C=O) groups is 1. The minimum absolute atomic E-state index is 0.292. The van der Waals surface area contributed by atoms with Gasteiger partial charge in [-0.15, -0.1) is 0 Å². The zero-order valence-electron chi connectivity index (χ0n) is 13.5. The van der Waals surface area contributed by atoms with Gasteiger partial charge in [0.05, 0.1) is 17.3 Å². The molecule has 0 atom stereocenters. The third-order valence-corrected chi connectivity index (χ3v) is 4.87. The lowest BCUT2D eigenvalue weighted by molar-refractivity contribution is 0.0593. The number of carbonyl (C=O) groups excluding carboxylic acids is 1. The quantitative estimate of drug-likeness (QED) is 0.662. The first kappa shape index (κ1) is 16.7. The molecule has 2 heterocycles. The first-order valence-electron chi connectivity index (χ1n) is 7.28. The van der Waals surface area contributed by atoms with E-state index in [1.54, 1.807) is 23.5 Å². The number of anilines is 1. The number of nitrogens with zero attached hydrogens (tertiary/aromatic N) is 3. The van der Waals surface area contributed by atoms with Gasteiger partial charge in [0.25, 0.3) is 0 Å². The zero-order chi connectivity index (χ0) is 17.3. The maximum atomic E-state index is 11.6. The SMILES string of the molecule is COC(=O)c1cccc(Cc2cc(Cl)cc3sc(N(C)C)nc23)n1. The van der Waals surface area contributed by atoms with Crippen LogP contribution in [0.3, 0.4) is 0 Å². The molecule has 0 unspecified atom stereocenters. The second-order valence-electron chi connectivity index (χ2n) is 5.49. The Morgan fingerprint density at radius 1 is 1.29 bits per heavy atom. The Bertz CT molecular complexity index is 908. The van der Waals surface area contributed by atoms with Gasteiger partial charge in [-0.2, -0.15) is 0 Å². The van der Waals surface area contributed by atoms with Gasteiger partial charge in [0.2, 0.25) is 0 Å². The van der Waals surface area contributed by atoms with Crippen LogP contribution in [0.25, 0.3) is 10.2 Å². The van der Waals surface area contributed by atoms with E-state index in [2.05, 4.69) is 9.97 Å². The van der Waals surface area contributed by atoms with E-state index in [0.29, 0.717) is 17.1 Å². The van der Waals surface area contributed by atoms with E-state index in [1.807, 2.05) is 37.2 Å². The Balaban J connectivity index is 2.02. The largest absolute Gasteiger partial charge is 0.464 e. The summed E-state index contributed by atoms with van der Waals surface area (Å²) in [6.45, 7) is 0. The Morgan fingerprint density at radius 2 is 2.08 bits per heavy atom. The molecule has 0 aliphatic carbocycles. The number of aromatic nitrogens is 2. The number of hydrogen-bond acceptors (Lipinski definition) is 6. The number of benzene rings is 1. The highest BCUT2D eigenvalue weighted by molar-refractivity contribution is 7.22. The molecule has 0 N–H and O–H groups in total. The fourth-order valence-electron chi connectivity index (χ4n) is 2.37. The lowest BCUT2D eigenvalue weighted by Crippen LogP contribution is -2.07. The fraction of sp³-hybridized carbons (Fsp3) is 0.235. The average molecular weight is 362 g/mol. The molecule has 124 valence electrons. The van der Waals surface area contributed by atoms with Gasteiger partial charge in [-0.1, -0.05) is 29.0 Å². The number of thiazole rings is 1. The van der Waals surface area contributed by atoms with Crippen LogP contribution in [0.4, 0.5) is 5.13 Å². The summed E-state index contributed by atoms with van der Waals surface area (Å²) >= 11 is 7.85. The molecule has 24 heavy (non-hydrogen) atoms. The molecule has 0 aliphatic heterocycles. The van der Waals surface area contributed by atoms with Gasteiger partial charge >= 0.3 is 5.97 Å². The van der Waals surface area contributed by atoms with E-state index in [1.165, 1.54) is 7.11 Å². The minimum atomic E-state index is -0.448. The molecule has 0 fully saturated rings. The van der Waals surface area contributed by atoms with Crippen LogP contribution in [0.1, 0.15) is 21.7 Å². The summed E-state index contributed by atoms with van der Waals surface area (Å²) in [6.07, 6.45) is 0.540. The van der Waals surface area contributed by atoms with Gasteiger partial charge in [0.15, 0.2) is 5.13 Å². The van der Waals surface area contributed by atoms with Crippen LogP contribution in [0, 0.1) is 0 Å². The predicted molar refractivity (Wildman–Crippen MR) is 97.3 cm³/mol. The molecule has 0 saturated carbocycles. The number of rotatable bonds is 4. The van der Waals surface area contributed by atoms with Crippen molar-refractivity contribution in [3.63, 3.8) is 0 Å². The number of pyridine rings is 1. The van der Waals surface area contributed by atoms with Gasteiger partial charge in [0, 0.05) is 31.2 Å². The van der Waals surface area contributed by atoms with E-state index in [0.717, 1.165) is 26.6 Å². The number of ether oxygens (including phenoxy) is 1. The summed E-state index contributed by atoms with van der Waals surface area (Å²) in [5.74, 6) is -0.448. The summed E-state index contributed by atoms with van der Waals surface area (Å²) in [7, 11) is 5.26. The Morgan fingerprint density at radius 3 is 2.79 bits per heavy atom. The lowest BCUT2D eigenvalue weighted by Gasteiger charge is -2.06. The second-order valence-corrected chi connectivity index (χ2v) is 6.93. The van der Waals surface area contributed by atoms with Gasteiger partial charge in [-0.25, -0.2) is 14.8 Å². The second kappa shape index (κ2) is 6.75. The molecule has 0 saturated heterocycles. The molecule has 0 spiro atoms. The Labute approximate surface area is 148 Å². The van der Waals surface area contributed by atoms with Gasteiger partial charge < -0.3 is 9.64 Å². The summed E-state index contributed by atoms with van der Waals surface area (Å²) in [6, 6.07) is 9.12. The third kappa shape index (κ3) is 3.34. The van der Waals surface area contributed by atoms with Gasteiger partial charge in [-0.3, -0.25) is 0 Å². The molecule has 5 nitrogen and oxygen atoms in total. The summed E-state index contributed by atoms with van der Waals surface area (Å²) < 4.78 is 5.75. The van der Waals surface area contributed by atoms with E-state index >= 15 is 0 Å². The van der Waals surface area contributed by atoms with Crippen molar-refractivity contribution in [2.75, 3.05) is 26.1 Å². The predicted octanol–water partition coefficient (Wildman–Crippen LogP) is 3.79. The molecular weight excluding hydrogens is 346 g/mol. The smallest absolute Gasteiger partial charge is 0.356 e. The van der Waals surface area contributed by atoms with Crippen LogP contribution >= 0.6 is 22.9 Å². The van der Waals surface area contributed by atoms with Crippen LogP contribution in [-0.4, -0.2) is 37.1 Å². The van der Waals surface area contributed by atoms with Crippen molar-refractivity contribution in [2.45, 2.75) is 6.42 Å². The van der Waals surface area contributed by atoms with Crippen molar-refractivity contribution in [3.05, 3.63) is 52.3 Å². The minimum Gasteiger partial charge on any atom is -0.464 e. The third-order valence-electron chi connectivity index (χ3n) is 3.48. The van der Waals surface area contributed by atoms with Crippen LogP contribution in [0.5, 0.6) is 0 Å². The van der Waals surface area contributed by atoms with Crippen molar-refractivity contribution in [3.8, 4) is 0 Å². The molecule has 2 aromatic heterocycles. The zero-order valence-corrected chi connectivity index (χ0v) is 15.1. The molecule has 0 radical (unpaired) electrons. The Kier molecular flexibility index (Phi) is 4.69. The number of methoxy groups -OCH3 is 1. The first-order chi connectivity index (χ1) is 11.5. The average Bonchev–Trinajstić information content (AvgIpc) is 2.98. The van der Waals surface area contributed by atoms with E-state index in [-0.39, 0.29) is 0 Å². The van der Waals surface area contributed by atoms with Crippen molar-refractivity contribution < 1.29 is 9.53 Å². The lowest BCUT2D eigenvalue weighted by atomic mass is 10.1. The first-order valence-corrected chi connectivity index (χ1v) is 8.48. The highest BCUT2D eigenvalue weighted by Gasteiger charge is 2.13. The van der Waals surface area contributed by atoms with Crippen LogP contribution in [0.2, 0.25) is 5.02 Å². The number of hydrogen-bond donors (Lipinski definition) is 0. The maximum absolute atomic E-state index is 11.6. The molecule has 3 aromatic rings. The molecular formula is C17H16ClN3O2S.